The van der Waals surface area contributed by atoms with Gasteiger partial charge in [-0.05, 0) is 12.1 Å². The quantitative estimate of drug-likeness (QED) is 0.423. The van der Waals surface area contributed by atoms with Crippen LogP contribution in [0.3, 0.4) is 0 Å². The van der Waals surface area contributed by atoms with Gasteiger partial charge < -0.3 is 4.84 Å². The van der Waals surface area contributed by atoms with Crippen molar-refractivity contribution in [2.45, 2.75) is 4.90 Å². The number of benzene rings is 1. The summed E-state index contributed by atoms with van der Waals surface area (Å²) in [6.07, 6.45) is 0. The Morgan fingerprint density at radius 2 is 2.00 bits per heavy atom. The molecule has 2 nitrogen and oxygen atoms in total. The van der Waals surface area contributed by atoms with E-state index in [1.807, 2.05) is 18.2 Å². The first-order valence-electron chi connectivity index (χ1n) is 3.43. The largest absolute Gasteiger partial charge is 0.304 e. The van der Waals surface area contributed by atoms with E-state index in [1.54, 1.807) is 11.8 Å². The van der Waals surface area contributed by atoms with Gasteiger partial charge in [0.1, 0.15) is 0 Å². The van der Waals surface area contributed by atoms with Crippen molar-refractivity contribution in [1.82, 2.24) is 0 Å². The lowest BCUT2D eigenvalue weighted by atomic mass is 10.4. The molecule has 0 aliphatic carbocycles. The molecule has 60 valence electrons. The Kier molecular flexibility index (Phi) is 4.04. The molecule has 0 unspecified atom stereocenters. The van der Waals surface area contributed by atoms with Crippen LogP contribution in [-0.4, -0.2) is 12.4 Å². The molecule has 0 bridgehead atoms. The molecule has 0 heterocycles. The SMILES string of the molecule is NOCCSc1ccccc1. The maximum Gasteiger partial charge on any atom is 0.0773 e. The second kappa shape index (κ2) is 5.18. The van der Waals surface area contributed by atoms with Crippen molar-refractivity contribution in [2.24, 2.45) is 5.90 Å². The average Bonchev–Trinajstić information content (AvgIpc) is 2.07. The molecule has 0 aliphatic rings. The van der Waals surface area contributed by atoms with E-state index >= 15 is 0 Å². The molecular weight excluding hydrogens is 158 g/mol. The highest BCUT2D eigenvalue weighted by Crippen LogP contribution is 2.15. The Balaban J connectivity index is 2.28. The van der Waals surface area contributed by atoms with Crippen LogP contribution in [0.5, 0.6) is 0 Å². The molecule has 0 aliphatic heterocycles. The highest BCUT2D eigenvalue weighted by Gasteiger charge is 1.90. The van der Waals surface area contributed by atoms with Gasteiger partial charge in [0.25, 0.3) is 0 Å². The third-order valence-electron chi connectivity index (χ3n) is 1.21. The molecule has 3 heteroatoms. The maximum absolute atomic E-state index is 4.88. The van der Waals surface area contributed by atoms with E-state index in [9.17, 15) is 0 Å². The molecule has 1 rings (SSSR count). The molecule has 0 atom stereocenters. The topological polar surface area (TPSA) is 35.2 Å². The summed E-state index contributed by atoms with van der Waals surface area (Å²) in [6.45, 7) is 0.597. The Bertz CT molecular complexity index is 191. The van der Waals surface area contributed by atoms with Crippen LogP contribution < -0.4 is 5.90 Å². The summed E-state index contributed by atoms with van der Waals surface area (Å²) in [6, 6.07) is 10.2. The van der Waals surface area contributed by atoms with Crippen LogP contribution in [0.1, 0.15) is 0 Å². The van der Waals surface area contributed by atoms with Gasteiger partial charge in [-0.2, -0.15) is 0 Å². The lowest BCUT2D eigenvalue weighted by Crippen LogP contribution is -2.02. The summed E-state index contributed by atoms with van der Waals surface area (Å²) in [4.78, 5) is 5.70. The second-order valence-corrected chi connectivity index (χ2v) is 3.20. The van der Waals surface area contributed by atoms with Crippen LogP contribution in [-0.2, 0) is 4.84 Å². The summed E-state index contributed by atoms with van der Waals surface area (Å²) in [7, 11) is 0. The fourth-order valence-electron chi connectivity index (χ4n) is 0.724. The van der Waals surface area contributed by atoms with Gasteiger partial charge in [-0.3, -0.25) is 0 Å². The molecule has 1 aromatic rings. The average molecular weight is 169 g/mol. The van der Waals surface area contributed by atoms with Crippen molar-refractivity contribution in [1.29, 1.82) is 0 Å². The first-order chi connectivity index (χ1) is 5.43. The Labute approximate surface area is 70.7 Å². The summed E-state index contributed by atoms with van der Waals surface area (Å²) in [5.74, 6) is 5.78. The van der Waals surface area contributed by atoms with Gasteiger partial charge in [0.05, 0.1) is 6.61 Å². The van der Waals surface area contributed by atoms with Crippen LogP contribution in [0.4, 0.5) is 0 Å². The lowest BCUT2D eigenvalue weighted by Gasteiger charge is -1.98. The molecule has 2 N–H and O–H groups in total. The Morgan fingerprint density at radius 1 is 1.27 bits per heavy atom. The van der Waals surface area contributed by atoms with Crippen LogP contribution in [0.2, 0.25) is 0 Å². The monoisotopic (exact) mass is 169 g/mol. The van der Waals surface area contributed by atoms with E-state index in [0.717, 1.165) is 5.75 Å². The highest BCUT2D eigenvalue weighted by molar-refractivity contribution is 7.99. The zero-order valence-corrected chi connectivity index (χ0v) is 7.01. The standard InChI is InChI=1S/C8H11NOS/c9-10-6-7-11-8-4-2-1-3-5-8/h1-5H,6-7,9H2. The minimum Gasteiger partial charge on any atom is -0.304 e. The zero-order chi connectivity index (χ0) is 7.94. The number of rotatable bonds is 4. The minimum absolute atomic E-state index is 0.597. The van der Waals surface area contributed by atoms with Crippen LogP contribution in [0.25, 0.3) is 0 Å². The van der Waals surface area contributed by atoms with Crippen molar-refractivity contribution in [3.63, 3.8) is 0 Å². The van der Waals surface area contributed by atoms with Gasteiger partial charge in [0.15, 0.2) is 0 Å². The van der Waals surface area contributed by atoms with E-state index in [0.29, 0.717) is 6.61 Å². The lowest BCUT2D eigenvalue weighted by molar-refractivity contribution is 0.155. The predicted octanol–water partition coefficient (Wildman–Crippen LogP) is 1.67. The van der Waals surface area contributed by atoms with E-state index in [2.05, 4.69) is 17.0 Å². The van der Waals surface area contributed by atoms with Crippen LogP contribution in [0, 0.1) is 0 Å². The molecule has 0 saturated carbocycles. The van der Waals surface area contributed by atoms with Crippen molar-refractivity contribution < 1.29 is 4.84 Å². The van der Waals surface area contributed by atoms with Crippen molar-refractivity contribution in [3.8, 4) is 0 Å². The third-order valence-corrected chi connectivity index (χ3v) is 2.19. The zero-order valence-electron chi connectivity index (χ0n) is 6.19. The molecule has 0 fully saturated rings. The van der Waals surface area contributed by atoms with E-state index in [1.165, 1.54) is 4.90 Å². The number of thioether (sulfide) groups is 1. The van der Waals surface area contributed by atoms with Crippen LogP contribution >= 0.6 is 11.8 Å². The fraction of sp³-hybridized carbons (Fsp3) is 0.250. The smallest absolute Gasteiger partial charge is 0.0773 e. The summed E-state index contributed by atoms with van der Waals surface area (Å²) < 4.78 is 0. The molecule has 0 radical (unpaired) electrons. The Morgan fingerprint density at radius 3 is 2.64 bits per heavy atom. The molecule has 1 aromatic carbocycles. The van der Waals surface area contributed by atoms with Crippen molar-refractivity contribution >= 4 is 11.8 Å². The van der Waals surface area contributed by atoms with E-state index < -0.39 is 0 Å². The summed E-state index contributed by atoms with van der Waals surface area (Å²) in [5.41, 5.74) is 0. The van der Waals surface area contributed by atoms with E-state index in [-0.39, 0.29) is 0 Å². The molecule has 0 amide bonds. The molecule has 0 saturated heterocycles. The maximum atomic E-state index is 4.88. The highest BCUT2D eigenvalue weighted by atomic mass is 32.2. The van der Waals surface area contributed by atoms with Crippen LogP contribution in [0.15, 0.2) is 35.2 Å². The van der Waals surface area contributed by atoms with Gasteiger partial charge in [-0.1, -0.05) is 18.2 Å². The number of hydrogen-bond donors (Lipinski definition) is 1. The first kappa shape index (κ1) is 8.59. The fourth-order valence-corrected chi connectivity index (χ4v) is 1.49. The van der Waals surface area contributed by atoms with Gasteiger partial charge in [0, 0.05) is 10.6 Å². The number of hydrogen-bond acceptors (Lipinski definition) is 3. The molecule has 11 heavy (non-hydrogen) atoms. The Hall–Kier alpha value is -0.510. The molecule has 0 aromatic heterocycles. The van der Waals surface area contributed by atoms with Gasteiger partial charge in [-0.25, -0.2) is 5.90 Å². The second-order valence-electron chi connectivity index (χ2n) is 2.03. The van der Waals surface area contributed by atoms with Crippen molar-refractivity contribution in [3.05, 3.63) is 30.3 Å². The minimum atomic E-state index is 0.597. The van der Waals surface area contributed by atoms with Gasteiger partial charge in [-0.15, -0.1) is 11.8 Å². The molecule has 0 spiro atoms. The summed E-state index contributed by atoms with van der Waals surface area (Å²) in [5, 5.41) is 0. The predicted molar refractivity (Wildman–Crippen MR) is 47.3 cm³/mol. The van der Waals surface area contributed by atoms with Gasteiger partial charge in [0.2, 0.25) is 0 Å². The normalized spacial score (nSPS) is 9.91. The third kappa shape index (κ3) is 3.41. The number of nitrogens with two attached hydrogens (primary N) is 1. The first-order valence-corrected chi connectivity index (χ1v) is 4.41. The molecular formula is C8H11NOS. The van der Waals surface area contributed by atoms with Crippen molar-refractivity contribution in [2.75, 3.05) is 12.4 Å². The van der Waals surface area contributed by atoms with Gasteiger partial charge >= 0.3 is 0 Å². The van der Waals surface area contributed by atoms with E-state index in [4.69, 9.17) is 5.90 Å². The summed E-state index contributed by atoms with van der Waals surface area (Å²) >= 11 is 1.74.